The van der Waals surface area contributed by atoms with Crippen molar-refractivity contribution in [1.82, 2.24) is 0 Å². The monoisotopic (exact) mass is 300 g/mol. The summed E-state index contributed by atoms with van der Waals surface area (Å²) < 4.78 is 5.82. The average Bonchev–Trinajstić information content (AvgIpc) is 2.83. The summed E-state index contributed by atoms with van der Waals surface area (Å²) >= 11 is 6.12. The molecule has 1 aromatic heterocycles. The van der Waals surface area contributed by atoms with Gasteiger partial charge in [0.2, 0.25) is 0 Å². The number of hydrogen-bond acceptors (Lipinski definition) is 2. The fourth-order valence-electron chi connectivity index (χ4n) is 2.51. The van der Waals surface area contributed by atoms with Gasteiger partial charge in [0.1, 0.15) is 5.76 Å². The Labute approximate surface area is 126 Å². The summed E-state index contributed by atoms with van der Waals surface area (Å²) in [5.41, 5.74) is 3.36. The lowest BCUT2D eigenvalue weighted by Crippen LogP contribution is -2.01. The highest BCUT2D eigenvalue weighted by Crippen LogP contribution is 2.34. The van der Waals surface area contributed by atoms with E-state index in [0.29, 0.717) is 16.4 Å². The molecule has 4 heteroatoms. The molecule has 0 saturated heterocycles. The van der Waals surface area contributed by atoms with Crippen molar-refractivity contribution in [3.63, 3.8) is 0 Å². The molecule has 3 nitrogen and oxygen atoms in total. The molecule has 0 atom stereocenters. The zero-order valence-electron chi connectivity index (χ0n) is 11.6. The van der Waals surface area contributed by atoms with Crippen LogP contribution in [0.25, 0.3) is 22.3 Å². The van der Waals surface area contributed by atoms with E-state index in [1.807, 2.05) is 31.2 Å². The van der Waals surface area contributed by atoms with E-state index in [1.54, 1.807) is 19.1 Å². The van der Waals surface area contributed by atoms with Gasteiger partial charge in [-0.1, -0.05) is 29.8 Å². The molecule has 3 aromatic rings. The first-order chi connectivity index (χ1) is 9.97. The summed E-state index contributed by atoms with van der Waals surface area (Å²) in [7, 11) is 0. The Morgan fingerprint density at radius 3 is 2.57 bits per heavy atom. The molecule has 0 aliphatic heterocycles. The minimum Gasteiger partial charge on any atom is -0.478 e. The van der Waals surface area contributed by atoms with E-state index in [4.69, 9.17) is 16.0 Å². The van der Waals surface area contributed by atoms with Crippen LogP contribution in [0.5, 0.6) is 0 Å². The second-order valence-corrected chi connectivity index (χ2v) is 5.46. The molecule has 0 spiro atoms. The Hall–Kier alpha value is -2.26. The highest BCUT2D eigenvalue weighted by atomic mass is 35.5. The lowest BCUT2D eigenvalue weighted by Gasteiger charge is -2.07. The first kappa shape index (κ1) is 13.7. The number of carbonyl (C=O) groups is 1. The van der Waals surface area contributed by atoms with E-state index in [1.165, 1.54) is 0 Å². The van der Waals surface area contributed by atoms with Crippen molar-refractivity contribution in [1.29, 1.82) is 0 Å². The summed E-state index contributed by atoms with van der Waals surface area (Å²) in [5.74, 6) is -0.319. The number of furan rings is 1. The third kappa shape index (κ3) is 2.30. The molecule has 1 N–H and O–H groups in total. The van der Waals surface area contributed by atoms with Crippen LogP contribution >= 0.6 is 11.6 Å². The van der Waals surface area contributed by atoms with Crippen molar-refractivity contribution < 1.29 is 14.3 Å². The van der Waals surface area contributed by atoms with E-state index < -0.39 is 5.97 Å². The van der Waals surface area contributed by atoms with Crippen LogP contribution in [0.3, 0.4) is 0 Å². The first-order valence-electron chi connectivity index (χ1n) is 6.50. The van der Waals surface area contributed by atoms with E-state index in [2.05, 4.69) is 0 Å². The number of halogens is 1. The Bertz CT molecular complexity index is 862. The molecule has 0 bridgehead atoms. The minimum atomic E-state index is -0.942. The van der Waals surface area contributed by atoms with Gasteiger partial charge in [-0.2, -0.15) is 0 Å². The summed E-state index contributed by atoms with van der Waals surface area (Å²) in [6.07, 6.45) is 0. The molecule has 0 saturated carbocycles. The number of para-hydroxylation sites is 1. The normalized spacial score (nSPS) is 11.0. The van der Waals surface area contributed by atoms with Crippen molar-refractivity contribution in [2.45, 2.75) is 13.8 Å². The van der Waals surface area contributed by atoms with E-state index in [-0.39, 0.29) is 5.56 Å². The van der Waals surface area contributed by atoms with Crippen molar-refractivity contribution in [2.75, 3.05) is 0 Å². The van der Waals surface area contributed by atoms with Gasteiger partial charge in [-0.05, 0) is 43.2 Å². The van der Waals surface area contributed by atoms with Gasteiger partial charge in [0.25, 0.3) is 0 Å². The zero-order valence-corrected chi connectivity index (χ0v) is 12.4. The quantitative estimate of drug-likeness (QED) is 0.719. The van der Waals surface area contributed by atoms with Gasteiger partial charge in [-0.3, -0.25) is 0 Å². The second-order valence-electron chi connectivity index (χ2n) is 5.06. The number of hydrogen-bond donors (Lipinski definition) is 1. The molecule has 0 aliphatic rings. The molecule has 0 unspecified atom stereocenters. The fraction of sp³-hybridized carbons (Fsp3) is 0.118. The molecule has 2 aromatic carbocycles. The van der Waals surface area contributed by atoms with Crippen LogP contribution in [0.2, 0.25) is 5.02 Å². The molecule has 3 rings (SSSR count). The van der Waals surface area contributed by atoms with Gasteiger partial charge >= 0.3 is 5.97 Å². The van der Waals surface area contributed by atoms with Crippen LogP contribution < -0.4 is 0 Å². The van der Waals surface area contributed by atoms with E-state index in [0.717, 1.165) is 22.1 Å². The predicted molar refractivity (Wildman–Crippen MR) is 83.1 cm³/mol. The lowest BCUT2D eigenvalue weighted by molar-refractivity contribution is 0.0696. The van der Waals surface area contributed by atoms with Crippen molar-refractivity contribution in [3.05, 3.63) is 58.1 Å². The predicted octanol–water partition coefficient (Wildman–Crippen LogP) is 5.07. The highest BCUT2D eigenvalue weighted by Gasteiger charge is 2.15. The topological polar surface area (TPSA) is 50.4 Å². The third-order valence-electron chi connectivity index (χ3n) is 3.56. The standard InChI is InChI=1S/C17H13ClO3/c1-9-6-10(2)13(17(19)20)8-12(9)15-7-11-4-3-5-14(18)16(11)21-15/h3-8H,1-2H3,(H,19,20). The maximum atomic E-state index is 11.3. The molecule has 0 aliphatic carbocycles. The number of carboxylic acids is 1. The maximum Gasteiger partial charge on any atom is 0.335 e. The first-order valence-corrected chi connectivity index (χ1v) is 6.88. The second kappa shape index (κ2) is 4.93. The minimum absolute atomic E-state index is 0.280. The van der Waals surface area contributed by atoms with Crippen LogP contribution in [-0.4, -0.2) is 11.1 Å². The molecular weight excluding hydrogens is 288 g/mol. The Kier molecular flexibility index (Phi) is 3.22. The number of rotatable bonds is 2. The van der Waals surface area contributed by atoms with Crippen LogP contribution in [0, 0.1) is 13.8 Å². The number of aryl methyl sites for hydroxylation is 2. The zero-order chi connectivity index (χ0) is 15.1. The van der Waals surface area contributed by atoms with Gasteiger partial charge in [0.05, 0.1) is 10.6 Å². The number of fused-ring (bicyclic) bond motifs is 1. The average molecular weight is 301 g/mol. The Balaban J connectivity index is 2.25. The van der Waals surface area contributed by atoms with Gasteiger partial charge in [0, 0.05) is 10.9 Å². The Morgan fingerprint density at radius 2 is 1.90 bits per heavy atom. The third-order valence-corrected chi connectivity index (χ3v) is 3.86. The molecule has 21 heavy (non-hydrogen) atoms. The van der Waals surface area contributed by atoms with Crippen LogP contribution in [0.4, 0.5) is 0 Å². The van der Waals surface area contributed by atoms with E-state index in [9.17, 15) is 9.90 Å². The summed E-state index contributed by atoms with van der Waals surface area (Å²) in [6, 6.07) is 10.9. The van der Waals surface area contributed by atoms with E-state index >= 15 is 0 Å². The maximum absolute atomic E-state index is 11.3. The number of carboxylic acid groups (broad SMARTS) is 1. The Morgan fingerprint density at radius 1 is 1.14 bits per heavy atom. The molecule has 0 radical (unpaired) electrons. The van der Waals surface area contributed by atoms with Crippen molar-refractivity contribution in [3.8, 4) is 11.3 Å². The van der Waals surface area contributed by atoms with Crippen LogP contribution in [-0.2, 0) is 0 Å². The smallest absolute Gasteiger partial charge is 0.335 e. The van der Waals surface area contributed by atoms with Crippen molar-refractivity contribution in [2.24, 2.45) is 0 Å². The number of aromatic carboxylic acids is 1. The van der Waals surface area contributed by atoms with Gasteiger partial charge < -0.3 is 9.52 Å². The SMILES string of the molecule is Cc1cc(C)c(-c2cc3cccc(Cl)c3o2)cc1C(=O)O. The van der Waals surface area contributed by atoms with Crippen LogP contribution in [0.15, 0.2) is 40.8 Å². The number of benzene rings is 2. The largest absolute Gasteiger partial charge is 0.478 e. The van der Waals surface area contributed by atoms with Gasteiger partial charge in [0.15, 0.2) is 5.58 Å². The van der Waals surface area contributed by atoms with Crippen molar-refractivity contribution >= 4 is 28.5 Å². The summed E-state index contributed by atoms with van der Waals surface area (Å²) in [5, 5.41) is 10.7. The van der Waals surface area contributed by atoms with Gasteiger partial charge in [-0.15, -0.1) is 0 Å². The lowest BCUT2D eigenvalue weighted by atomic mass is 9.98. The molecule has 1 heterocycles. The fourth-order valence-corrected chi connectivity index (χ4v) is 2.73. The summed E-state index contributed by atoms with van der Waals surface area (Å²) in [6.45, 7) is 3.72. The summed E-state index contributed by atoms with van der Waals surface area (Å²) in [4.78, 5) is 11.3. The molecule has 0 fully saturated rings. The van der Waals surface area contributed by atoms with Crippen LogP contribution in [0.1, 0.15) is 21.5 Å². The molecule has 106 valence electrons. The molecule has 0 amide bonds. The molecular formula is C17H13ClO3. The van der Waals surface area contributed by atoms with Gasteiger partial charge in [-0.25, -0.2) is 4.79 Å². The highest BCUT2D eigenvalue weighted by molar-refractivity contribution is 6.34.